The van der Waals surface area contributed by atoms with Crippen LogP contribution in [0.25, 0.3) is 11.4 Å². The van der Waals surface area contributed by atoms with E-state index in [2.05, 4.69) is 20.5 Å². The first kappa shape index (κ1) is 18.6. The summed E-state index contributed by atoms with van der Waals surface area (Å²) in [4.78, 5) is 16.8. The lowest BCUT2D eigenvalue weighted by Crippen LogP contribution is -2.35. The predicted molar refractivity (Wildman–Crippen MR) is 103 cm³/mol. The third-order valence-electron chi connectivity index (χ3n) is 4.45. The summed E-state index contributed by atoms with van der Waals surface area (Å²) in [5, 5.41) is 9.90. The van der Waals surface area contributed by atoms with Crippen LogP contribution in [0.3, 0.4) is 0 Å². The number of aromatic nitrogens is 3. The van der Waals surface area contributed by atoms with Crippen LogP contribution in [0.15, 0.2) is 54.6 Å². The average Bonchev–Trinajstić information content (AvgIpc) is 3.20. The van der Waals surface area contributed by atoms with Crippen LogP contribution < -0.4 is 15.8 Å². The fourth-order valence-electron chi connectivity index (χ4n) is 2.70. The number of rotatable bonds is 7. The lowest BCUT2D eigenvalue weighted by molar-refractivity contribution is -0.125. The Labute approximate surface area is 158 Å². The van der Waals surface area contributed by atoms with Crippen molar-refractivity contribution in [3.8, 4) is 17.1 Å². The number of H-pyrrole nitrogens is 1. The van der Waals surface area contributed by atoms with E-state index in [1.807, 2.05) is 61.5 Å². The fourth-order valence-corrected chi connectivity index (χ4v) is 2.70. The van der Waals surface area contributed by atoms with Gasteiger partial charge in [0, 0.05) is 11.6 Å². The highest BCUT2D eigenvalue weighted by Gasteiger charge is 2.22. The Morgan fingerprint density at radius 2 is 1.89 bits per heavy atom. The zero-order chi connectivity index (χ0) is 19.2. The monoisotopic (exact) mass is 365 g/mol. The highest BCUT2D eigenvalue weighted by atomic mass is 16.5. The average molecular weight is 365 g/mol. The van der Waals surface area contributed by atoms with Gasteiger partial charge in [-0.15, -0.1) is 0 Å². The molecular formula is C20H23N5O2. The van der Waals surface area contributed by atoms with Crippen LogP contribution in [-0.2, 0) is 11.3 Å². The van der Waals surface area contributed by atoms with Crippen LogP contribution in [0, 0.1) is 5.92 Å². The molecule has 3 aromatic rings. The number of nitrogens with one attached hydrogen (secondary N) is 2. The van der Waals surface area contributed by atoms with Gasteiger partial charge in [-0.3, -0.25) is 9.89 Å². The highest BCUT2D eigenvalue weighted by Crippen LogP contribution is 2.20. The Morgan fingerprint density at radius 3 is 2.56 bits per heavy atom. The van der Waals surface area contributed by atoms with Crippen LogP contribution in [0.1, 0.15) is 24.4 Å². The van der Waals surface area contributed by atoms with Gasteiger partial charge in [-0.2, -0.15) is 5.10 Å². The summed E-state index contributed by atoms with van der Waals surface area (Å²) in [6, 6.07) is 16.7. The number of amides is 1. The molecule has 0 aliphatic carbocycles. The number of aromatic amines is 1. The molecule has 0 aliphatic rings. The number of carbonyl (C=O) groups excluding carboxylic acids is 1. The summed E-state index contributed by atoms with van der Waals surface area (Å²) in [5.74, 6) is 1.42. The standard InChI is InChI=1S/C20H23N5O2/c1-13(18(21)14-6-4-3-5-7-14)20(26)22-12-17-23-19(25-24-17)15-8-10-16(27-2)11-9-15/h3-11,13,18H,12,21H2,1-2H3,(H,22,26)(H,23,24,25). The van der Waals surface area contributed by atoms with Gasteiger partial charge in [-0.1, -0.05) is 37.3 Å². The summed E-state index contributed by atoms with van der Waals surface area (Å²) in [6.45, 7) is 2.07. The minimum atomic E-state index is -0.365. The zero-order valence-corrected chi connectivity index (χ0v) is 15.3. The zero-order valence-electron chi connectivity index (χ0n) is 15.3. The van der Waals surface area contributed by atoms with Crippen LogP contribution in [0.4, 0.5) is 0 Å². The maximum absolute atomic E-state index is 12.4. The SMILES string of the molecule is COc1ccc(-c2n[nH]c(CNC(=O)C(C)C(N)c3ccccc3)n2)cc1. The lowest BCUT2D eigenvalue weighted by Gasteiger charge is -2.19. The molecule has 140 valence electrons. The molecule has 7 heteroatoms. The Balaban J connectivity index is 1.58. The largest absolute Gasteiger partial charge is 0.497 e. The molecule has 1 aromatic heterocycles. The number of benzene rings is 2. The van der Waals surface area contributed by atoms with E-state index in [0.717, 1.165) is 16.9 Å². The minimum absolute atomic E-state index is 0.131. The van der Waals surface area contributed by atoms with Crippen molar-refractivity contribution in [3.63, 3.8) is 0 Å². The van der Waals surface area contributed by atoms with Crippen LogP contribution in [0.5, 0.6) is 5.75 Å². The lowest BCUT2D eigenvalue weighted by atomic mass is 9.95. The van der Waals surface area contributed by atoms with E-state index in [0.29, 0.717) is 11.6 Å². The van der Waals surface area contributed by atoms with Gasteiger partial charge in [0.05, 0.1) is 19.6 Å². The topological polar surface area (TPSA) is 106 Å². The molecule has 0 aliphatic heterocycles. The Bertz CT molecular complexity index is 877. The number of nitrogens with two attached hydrogens (primary N) is 1. The number of ether oxygens (including phenoxy) is 1. The third kappa shape index (κ3) is 4.51. The molecule has 1 amide bonds. The van der Waals surface area contributed by atoms with Crippen molar-refractivity contribution in [2.24, 2.45) is 11.7 Å². The van der Waals surface area contributed by atoms with Gasteiger partial charge < -0.3 is 15.8 Å². The van der Waals surface area contributed by atoms with Crippen molar-refractivity contribution >= 4 is 5.91 Å². The molecule has 0 radical (unpaired) electrons. The van der Waals surface area contributed by atoms with Crippen molar-refractivity contribution in [1.82, 2.24) is 20.5 Å². The first-order valence-corrected chi connectivity index (χ1v) is 8.72. The van der Waals surface area contributed by atoms with E-state index in [9.17, 15) is 4.79 Å². The molecule has 2 aromatic carbocycles. The summed E-state index contributed by atoms with van der Waals surface area (Å²) in [6.07, 6.45) is 0. The van der Waals surface area contributed by atoms with E-state index < -0.39 is 0 Å². The Hall–Kier alpha value is -3.19. The van der Waals surface area contributed by atoms with E-state index in [4.69, 9.17) is 10.5 Å². The Kier molecular flexibility index (Phi) is 5.83. The predicted octanol–water partition coefficient (Wildman–Crippen LogP) is 2.43. The van der Waals surface area contributed by atoms with E-state index in [1.165, 1.54) is 0 Å². The van der Waals surface area contributed by atoms with E-state index in [-0.39, 0.29) is 24.4 Å². The summed E-state index contributed by atoms with van der Waals surface area (Å²) in [5.41, 5.74) is 8.00. The summed E-state index contributed by atoms with van der Waals surface area (Å²) >= 11 is 0. The first-order chi connectivity index (χ1) is 13.1. The molecule has 0 saturated heterocycles. The van der Waals surface area contributed by atoms with E-state index in [1.54, 1.807) is 7.11 Å². The van der Waals surface area contributed by atoms with Gasteiger partial charge >= 0.3 is 0 Å². The normalized spacial score (nSPS) is 13.0. The summed E-state index contributed by atoms with van der Waals surface area (Å²) < 4.78 is 5.14. The number of carbonyl (C=O) groups is 1. The number of methoxy groups -OCH3 is 1. The van der Waals surface area contributed by atoms with Crippen LogP contribution >= 0.6 is 0 Å². The second kappa shape index (κ2) is 8.46. The molecule has 1 heterocycles. The number of nitrogens with zero attached hydrogens (tertiary/aromatic N) is 2. The fraction of sp³-hybridized carbons (Fsp3) is 0.250. The van der Waals surface area contributed by atoms with Crippen molar-refractivity contribution in [1.29, 1.82) is 0 Å². The molecule has 2 atom stereocenters. The third-order valence-corrected chi connectivity index (χ3v) is 4.45. The maximum atomic E-state index is 12.4. The van der Waals surface area contributed by atoms with Gasteiger partial charge in [-0.25, -0.2) is 4.98 Å². The quantitative estimate of drug-likeness (QED) is 0.596. The van der Waals surface area contributed by atoms with Crippen molar-refractivity contribution in [2.45, 2.75) is 19.5 Å². The first-order valence-electron chi connectivity index (χ1n) is 8.72. The van der Waals surface area contributed by atoms with Crippen molar-refractivity contribution in [2.75, 3.05) is 7.11 Å². The van der Waals surface area contributed by atoms with Crippen LogP contribution in [0.2, 0.25) is 0 Å². The second-order valence-electron chi connectivity index (χ2n) is 6.28. The Morgan fingerprint density at radius 1 is 1.19 bits per heavy atom. The molecule has 0 fully saturated rings. The summed E-state index contributed by atoms with van der Waals surface area (Å²) in [7, 11) is 1.62. The molecule has 7 nitrogen and oxygen atoms in total. The van der Waals surface area contributed by atoms with Crippen molar-refractivity contribution in [3.05, 3.63) is 66.0 Å². The van der Waals surface area contributed by atoms with Gasteiger partial charge in [-0.05, 0) is 29.8 Å². The van der Waals surface area contributed by atoms with Crippen LogP contribution in [-0.4, -0.2) is 28.2 Å². The van der Waals surface area contributed by atoms with E-state index >= 15 is 0 Å². The molecule has 0 spiro atoms. The molecule has 3 rings (SSSR count). The molecule has 0 saturated carbocycles. The minimum Gasteiger partial charge on any atom is -0.497 e. The molecule has 2 unspecified atom stereocenters. The number of hydrogen-bond donors (Lipinski definition) is 3. The van der Waals surface area contributed by atoms with Gasteiger partial charge in [0.1, 0.15) is 11.6 Å². The molecular weight excluding hydrogens is 342 g/mol. The van der Waals surface area contributed by atoms with Gasteiger partial charge in [0.2, 0.25) is 5.91 Å². The van der Waals surface area contributed by atoms with Gasteiger partial charge in [0.25, 0.3) is 0 Å². The molecule has 0 bridgehead atoms. The number of hydrogen-bond acceptors (Lipinski definition) is 5. The smallest absolute Gasteiger partial charge is 0.225 e. The second-order valence-corrected chi connectivity index (χ2v) is 6.28. The molecule has 27 heavy (non-hydrogen) atoms. The highest BCUT2D eigenvalue weighted by molar-refractivity contribution is 5.79. The molecule has 4 N–H and O–H groups in total. The van der Waals surface area contributed by atoms with Gasteiger partial charge in [0.15, 0.2) is 5.82 Å². The van der Waals surface area contributed by atoms with Crippen molar-refractivity contribution < 1.29 is 9.53 Å². The maximum Gasteiger partial charge on any atom is 0.225 e.